The van der Waals surface area contributed by atoms with E-state index < -0.39 is 0 Å². The highest BCUT2D eigenvalue weighted by Gasteiger charge is 2.08. The Morgan fingerprint density at radius 2 is 2.23 bits per heavy atom. The molecule has 0 saturated carbocycles. The van der Waals surface area contributed by atoms with Crippen LogP contribution in [-0.2, 0) is 0 Å². The highest BCUT2D eigenvalue weighted by Crippen LogP contribution is 2.23. The molecule has 13 heavy (non-hydrogen) atoms. The Bertz CT molecular complexity index is 260. The molecular formula is C9H15BrN2S. The van der Waals surface area contributed by atoms with Crippen molar-refractivity contribution in [2.75, 3.05) is 6.54 Å². The number of nitrogens with zero attached hydrogens (tertiary/aromatic N) is 1. The normalized spacial score (nSPS) is 13.6. The molecule has 2 nitrogen and oxygen atoms in total. The second-order valence-electron chi connectivity index (χ2n) is 3.53. The fourth-order valence-electron chi connectivity index (χ4n) is 0.967. The largest absolute Gasteiger partial charge is 0.308 e. The van der Waals surface area contributed by atoms with E-state index in [1.807, 2.05) is 6.20 Å². The van der Waals surface area contributed by atoms with Gasteiger partial charge in [0.15, 0.2) is 0 Å². The van der Waals surface area contributed by atoms with Crippen LogP contribution in [-0.4, -0.2) is 11.5 Å². The van der Waals surface area contributed by atoms with Gasteiger partial charge in [-0.1, -0.05) is 13.8 Å². The van der Waals surface area contributed by atoms with Crippen LogP contribution in [0.2, 0.25) is 0 Å². The molecule has 0 fully saturated rings. The Morgan fingerprint density at radius 1 is 1.54 bits per heavy atom. The maximum absolute atomic E-state index is 4.30. The molecule has 1 N–H and O–H groups in total. The lowest BCUT2D eigenvalue weighted by atomic mass is 10.2. The molecular weight excluding hydrogens is 248 g/mol. The lowest BCUT2D eigenvalue weighted by molar-refractivity contribution is 0.495. The van der Waals surface area contributed by atoms with Gasteiger partial charge < -0.3 is 5.32 Å². The monoisotopic (exact) mass is 262 g/mol. The van der Waals surface area contributed by atoms with Gasteiger partial charge in [-0.2, -0.15) is 0 Å². The SMILES string of the molecule is CC(C)CNC(C)c1ncc(Br)s1. The maximum Gasteiger partial charge on any atom is 0.110 e. The quantitative estimate of drug-likeness (QED) is 0.902. The summed E-state index contributed by atoms with van der Waals surface area (Å²) in [4.78, 5) is 4.30. The van der Waals surface area contributed by atoms with Crippen molar-refractivity contribution < 1.29 is 0 Å². The predicted octanol–water partition coefficient (Wildman–Crippen LogP) is 3.21. The van der Waals surface area contributed by atoms with Crippen molar-refractivity contribution in [3.8, 4) is 0 Å². The van der Waals surface area contributed by atoms with Gasteiger partial charge in [-0.15, -0.1) is 11.3 Å². The first-order chi connectivity index (χ1) is 6.09. The van der Waals surface area contributed by atoms with E-state index in [1.54, 1.807) is 11.3 Å². The van der Waals surface area contributed by atoms with Gasteiger partial charge in [0.05, 0.1) is 16.0 Å². The second kappa shape index (κ2) is 5.08. The van der Waals surface area contributed by atoms with Gasteiger partial charge in [-0.05, 0) is 35.3 Å². The Morgan fingerprint density at radius 3 is 2.69 bits per heavy atom. The summed E-state index contributed by atoms with van der Waals surface area (Å²) in [7, 11) is 0. The summed E-state index contributed by atoms with van der Waals surface area (Å²) in [5.41, 5.74) is 0. The number of halogens is 1. The highest BCUT2D eigenvalue weighted by molar-refractivity contribution is 9.11. The van der Waals surface area contributed by atoms with Crippen LogP contribution in [0, 0.1) is 5.92 Å². The van der Waals surface area contributed by atoms with E-state index in [2.05, 4.69) is 47.0 Å². The molecule has 1 aromatic heterocycles. The molecule has 0 spiro atoms. The first kappa shape index (κ1) is 11.1. The van der Waals surface area contributed by atoms with E-state index in [4.69, 9.17) is 0 Å². The molecule has 1 unspecified atom stereocenters. The molecule has 0 saturated heterocycles. The Hall–Kier alpha value is 0.0700. The van der Waals surface area contributed by atoms with Gasteiger partial charge >= 0.3 is 0 Å². The van der Waals surface area contributed by atoms with Crippen LogP contribution in [0.5, 0.6) is 0 Å². The summed E-state index contributed by atoms with van der Waals surface area (Å²) in [5.74, 6) is 0.686. The van der Waals surface area contributed by atoms with Crippen LogP contribution in [0.25, 0.3) is 0 Å². The molecule has 1 aromatic rings. The van der Waals surface area contributed by atoms with Gasteiger partial charge in [0.1, 0.15) is 5.01 Å². The molecule has 0 aliphatic carbocycles. The average Bonchev–Trinajstić information content (AvgIpc) is 2.47. The molecule has 1 rings (SSSR count). The third kappa shape index (κ3) is 3.75. The molecule has 0 amide bonds. The van der Waals surface area contributed by atoms with Crippen LogP contribution in [0.4, 0.5) is 0 Å². The lowest BCUT2D eigenvalue weighted by Crippen LogP contribution is -2.23. The van der Waals surface area contributed by atoms with E-state index in [1.165, 1.54) is 0 Å². The zero-order valence-corrected chi connectivity index (χ0v) is 10.6. The molecule has 0 aliphatic rings. The molecule has 0 aromatic carbocycles. The molecule has 0 aliphatic heterocycles. The van der Waals surface area contributed by atoms with Crippen molar-refractivity contribution in [3.05, 3.63) is 15.0 Å². The number of nitrogens with one attached hydrogen (secondary N) is 1. The van der Waals surface area contributed by atoms with Crippen LogP contribution in [0.3, 0.4) is 0 Å². The minimum Gasteiger partial charge on any atom is -0.308 e. The smallest absolute Gasteiger partial charge is 0.110 e. The van der Waals surface area contributed by atoms with Crippen molar-refractivity contribution in [1.29, 1.82) is 0 Å². The number of thiazole rings is 1. The minimum atomic E-state index is 0.360. The number of hydrogen-bond acceptors (Lipinski definition) is 3. The number of rotatable bonds is 4. The van der Waals surface area contributed by atoms with Gasteiger partial charge in [-0.3, -0.25) is 0 Å². The van der Waals surface area contributed by atoms with Crippen molar-refractivity contribution in [2.24, 2.45) is 5.92 Å². The first-order valence-electron chi connectivity index (χ1n) is 4.44. The van der Waals surface area contributed by atoms with E-state index in [-0.39, 0.29) is 0 Å². The Labute approximate surface area is 91.9 Å². The maximum atomic E-state index is 4.30. The van der Waals surface area contributed by atoms with Crippen LogP contribution in [0.15, 0.2) is 9.98 Å². The molecule has 0 radical (unpaired) electrons. The van der Waals surface area contributed by atoms with Gasteiger partial charge in [0.2, 0.25) is 0 Å². The molecule has 4 heteroatoms. The number of aromatic nitrogens is 1. The van der Waals surface area contributed by atoms with Crippen molar-refractivity contribution in [3.63, 3.8) is 0 Å². The van der Waals surface area contributed by atoms with Crippen LogP contribution < -0.4 is 5.32 Å². The molecule has 1 heterocycles. The third-order valence-corrected chi connectivity index (χ3v) is 3.36. The van der Waals surface area contributed by atoms with Gasteiger partial charge in [-0.25, -0.2) is 4.98 Å². The zero-order chi connectivity index (χ0) is 9.84. The van der Waals surface area contributed by atoms with E-state index in [0.717, 1.165) is 15.3 Å². The fraction of sp³-hybridized carbons (Fsp3) is 0.667. The van der Waals surface area contributed by atoms with E-state index in [0.29, 0.717) is 12.0 Å². The van der Waals surface area contributed by atoms with E-state index in [9.17, 15) is 0 Å². The fourth-order valence-corrected chi connectivity index (χ4v) is 2.24. The predicted molar refractivity (Wildman–Crippen MR) is 61.1 cm³/mol. The molecule has 1 atom stereocenters. The van der Waals surface area contributed by atoms with Crippen molar-refractivity contribution in [2.45, 2.75) is 26.8 Å². The first-order valence-corrected chi connectivity index (χ1v) is 6.05. The summed E-state index contributed by atoms with van der Waals surface area (Å²) < 4.78 is 1.10. The lowest BCUT2D eigenvalue weighted by Gasteiger charge is -2.12. The minimum absolute atomic E-state index is 0.360. The van der Waals surface area contributed by atoms with Crippen LogP contribution >= 0.6 is 27.3 Å². The van der Waals surface area contributed by atoms with Gasteiger partial charge in [0, 0.05) is 0 Å². The zero-order valence-electron chi connectivity index (χ0n) is 8.17. The Balaban J connectivity index is 2.44. The number of hydrogen-bond donors (Lipinski definition) is 1. The van der Waals surface area contributed by atoms with Crippen molar-refractivity contribution >= 4 is 27.3 Å². The third-order valence-electron chi connectivity index (χ3n) is 1.70. The summed E-state index contributed by atoms with van der Waals surface area (Å²) in [5, 5.41) is 4.58. The van der Waals surface area contributed by atoms with Gasteiger partial charge in [0.25, 0.3) is 0 Å². The summed E-state index contributed by atoms with van der Waals surface area (Å²) in [6.45, 7) is 7.60. The van der Waals surface area contributed by atoms with Crippen molar-refractivity contribution in [1.82, 2.24) is 10.3 Å². The standard InChI is InChI=1S/C9H15BrN2S/c1-6(2)4-11-7(3)9-12-5-8(10)13-9/h5-7,11H,4H2,1-3H3. The topological polar surface area (TPSA) is 24.9 Å². The molecule has 74 valence electrons. The van der Waals surface area contributed by atoms with E-state index >= 15 is 0 Å². The average molecular weight is 263 g/mol. The molecule has 0 bridgehead atoms. The summed E-state index contributed by atoms with van der Waals surface area (Å²) >= 11 is 5.10. The van der Waals surface area contributed by atoms with Crippen LogP contribution in [0.1, 0.15) is 31.8 Å². The summed E-state index contributed by atoms with van der Waals surface area (Å²) in [6.07, 6.45) is 1.85. The second-order valence-corrected chi connectivity index (χ2v) is 5.97. The summed E-state index contributed by atoms with van der Waals surface area (Å²) in [6, 6.07) is 0.360. The Kier molecular flexibility index (Phi) is 4.35. The highest BCUT2D eigenvalue weighted by atomic mass is 79.9.